The minimum Gasteiger partial charge on any atom is -0.379 e. The van der Waals surface area contributed by atoms with Crippen LogP contribution in [0.2, 0.25) is 0 Å². The molecule has 0 bridgehead atoms. The first kappa shape index (κ1) is 50.4. The summed E-state index contributed by atoms with van der Waals surface area (Å²) in [5, 5.41) is 9.99. The van der Waals surface area contributed by atoms with Crippen molar-refractivity contribution in [1.29, 1.82) is 0 Å². The second-order valence-electron chi connectivity index (χ2n) is 11.8. The number of piperazine rings is 1. The van der Waals surface area contributed by atoms with Crippen molar-refractivity contribution in [2.24, 2.45) is 17.8 Å². The fourth-order valence-electron chi connectivity index (χ4n) is 4.97. The molecule has 270 valence electrons. The molecule has 0 spiro atoms. The van der Waals surface area contributed by atoms with Crippen molar-refractivity contribution in [3.63, 3.8) is 0 Å². The SMILES string of the molecule is CC.CC.CC.CC.CC(C)C1=CCNCC1.CC(C)C1CCNCC1.CC(C)N1CCNCC1.CC(C)N1CCOCC1. The lowest BCUT2D eigenvalue weighted by Crippen LogP contribution is -2.46. The summed E-state index contributed by atoms with van der Waals surface area (Å²) in [7, 11) is 0. The second kappa shape index (κ2) is 38.7. The van der Waals surface area contributed by atoms with Crippen LogP contribution in [0.1, 0.15) is 130 Å². The van der Waals surface area contributed by atoms with Gasteiger partial charge in [-0.1, -0.05) is 94.7 Å². The van der Waals surface area contributed by atoms with E-state index in [9.17, 15) is 0 Å². The van der Waals surface area contributed by atoms with Gasteiger partial charge < -0.3 is 20.7 Å². The van der Waals surface area contributed by atoms with Crippen LogP contribution in [-0.2, 0) is 4.74 Å². The Morgan fingerprint density at radius 1 is 0.591 bits per heavy atom. The van der Waals surface area contributed by atoms with E-state index >= 15 is 0 Å². The highest BCUT2D eigenvalue weighted by molar-refractivity contribution is 5.08. The predicted molar refractivity (Wildman–Crippen MR) is 203 cm³/mol. The minimum atomic E-state index is 0.689. The quantitative estimate of drug-likeness (QED) is 0.272. The van der Waals surface area contributed by atoms with Crippen LogP contribution in [0.15, 0.2) is 11.6 Å². The number of nitrogens with one attached hydrogen (secondary N) is 3. The van der Waals surface area contributed by atoms with Gasteiger partial charge in [0.1, 0.15) is 0 Å². The van der Waals surface area contributed by atoms with Crippen LogP contribution in [0.5, 0.6) is 0 Å². The standard InChI is InChI=1S/C8H17N.C8H15N.C7H16N2.C7H15NO.4C2H6/c2*1-7(2)8-3-5-9-6-4-8;1-7(2)9-5-3-8-4-6-9;1-7(2)8-3-5-9-6-4-8;4*1-2/h7-9H,3-6H2,1-2H3;3,7,9H,4-6H2,1-2H3;7-8H,3-6H2,1-2H3;7H,3-6H2,1-2H3;4*1-2H3. The average molecular weight is 630 g/mol. The Hall–Kier alpha value is -0.500. The van der Waals surface area contributed by atoms with E-state index in [1.165, 1.54) is 52.0 Å². The summed E-state index contributed by atoms with van der Waals surface area (Å²) in [6.45, 7) is 47.7. The molecule has 6 nitrogen and oxygen atoms in total. The van der Waals surface area contributed by atoms with Crippen LogP contribution in [0.3, 0.4) is 0 Å². The van der Waals surface area contributed by atoms with Gasteiger partial charge in [0.2, 0.25) is 0 Å². The lowest BCUT2D eigenvalue weighted by molar-refractivity contribution is 0.0238. The van der Waals surface area contributed by atoms with E-state index in [2.05, 4.69) is 87.2 Å². The van der Waals surface area contributed by atoms with E-state index in [0.29, 0.717) is 6.04 Å². The first-order chi connectivity index (χ1) is 21.2. The molecule has 4 heterocycles. The topological polar surface area (TPSA) is 51.8 Å². The van der Waals surface area contributed by atoms with Gasteiger partial charge in [-0.15, -0.1) is 0 Å². The molecule has 0 atom stereocenters. The van der Waals surface area contributed by atoms with Gasteiger partial charge >= 0.3 is 0 Å². The molecule has 0 radical (unpaired) electrons. The van der Waals surface area contributed by atoms with Crippen molar-refractivity contribution in [3.05, 3.63) is 11.6 Å². The summed E-state index contributed by atoms with van der Waals surface area (Å²) in [4.78, 5) is 4.93. The molecule has 4 aliphatic rings. The molecule has 0 unspecified atom stereocenters. The number of rotatable bonds is 4. The van der Waals surface area contributed by atoms with Gasteiger partial charge in [-0.05, 0) is 84.3 Å². The Labute approximate surface area is 280 Å². The number of ether oxygens (including phenoxy) is 1. The lowest BCUT2D eigenvalue weighted by Gasteiger charge is -2.30. The van der Waals surface area contributed by atoms with Crippen molar-refractivity contribution < 1.29 is 4.74 Å². The molecule has 3 N–H and O–H groups in total. The largest absolute Gasteiger partial charge is 0.379 e. The van der Waals surface area contributed by atoms with Crippen LogP contribution >= 0.6 is 0 Å². The third-order valence-corrected chi connectivity index (χ3v) is 7.83. The zero-order chi connectivity index (χ0) is 34.8. The molecule has 0 saturated carbocycles. The molecular weight excluding hydrogens is 542 g/mol. The molecule has 0 aromatic carbocycles. The molecular formula is C38H87N5O. The maximum absolute atomic E-state index is 5.21. The molecule has 0 aromatic rings. The van der Waals surface area contributed by atoms with Gasteiger partial charge in [-0.25, -0.2) is 0 Å². The number of morpholine rings is 1. The molecule has 3 fully saturated rings. The number of nitrogens with zero attached hydrogens (tertiary/aromatic N) is 2. The Kier molecular flexibility index (Phi) is 44.3. The third-order valence-electron chi connectivity index (χ3n) is 7.83. The van der Waals surface area contributed by atoms with Gasteiger partial charge in [0, 0.05) is 57.9 Å². The van der Waals surface area contributed by atoms with Gasteiger partial charge in [-0.2, -0.15) is 0 Å². The molecule has 6 heteroatoms. The molecule has 44 heavy (non-hydrogen) atoms. The Bertz CT molecular complexity index is 481. The van der Waals surface area contributed by atoms with E-state index in [4.69, 9.17) is 4.74 Å². The molecule has 0 aliphatic carbocycles. The number of hydrogen-bond donors (Lipinski definition) is 3. The number of piperidine rings is 1. The molecule has 0 aromatic heterocycles. The van der Waals surface area contributed by atoms with Gasteiger partial charge in [0.15, 0.2) is 0 Å². The molecule has 4 aliphatic heterocycles. The summed E-state index contributed by atoms with van der Waals surface area (Å²) < 4.78 is 5.21. The van der Waals surface area contributed by atoms with Gasteiger partial charge in [-0.3, -0.25) is 9.80 Å². The fourth-order valence-corrected chi connectivity index (χ4v) is 4.97. The van der Waals surface area contributed by atoms with Crippen LogP contribution in [0, 0.1) is 17.8 Å². The van der Waals surface area contributed by atoms with Crippen LogP contribution < -0.4 is 16.0 Å². The smallest absolute Gasteiger partial charge is 0.0594 e. The maximum Gasteiger partial charge on any atom is 0.0594 e. The average Bonchev–Trinajstić information content (AvgIpc) is 3.11. The lowest BCUT2D eigenvalue weighted by atomic mass is 9.87. The second-order valence-corrected chi connectivity index (χ2v) is 11.8. The Morgan fingerprint density at radius 3 is 1.30 bits per heavy atom. The van der Waals surface area contributed by atoms with Crippen molar-refractivity contribution in [1.82, 2.24) is 25.8 Å². The van der Waals surface area contributed by atoms with E-state index in [1.54, 1.807) is 5.57 Å². The highest BCUT2D eigenvalue weighted by Gasteiger charge is 2.15. The summed E-state index contributed by atoms with van der Waals surface area (Å²) in [5.74, 6) is 2.64. The maximum atomic E-state index is 5.21. The zero-order valence-electron chi connectivity index (χ0n) is 33.4. The van der Waals surface area contributed by atoms with E-state index in [-0.39, 0.29) is 0 Å². The predicted octanol–water partition coefficient (Wildman–Crippen LogP) is 8.34. The van der Waals surface area contributed by atoms with Crippen LogP contribution in [-0.4, -0.2) is 101 Å². The monoisotopic (exact) mass is 630 g/mol. The minimum absolute atomic E-state index is 0.689. The van der Waals surface area contributed by atoms with Gasteiger partial charge in [0.05, 0.1) is 13.2 Å². The van der Waals surface area contributed by atoms with Crippen molar-refractivity contribution >= 4 is 0 Å². The third kappa shape index (κ3) is 30.2. The summed E-state index contributed by atoms with van der Waals surface area (Å²) >= 11 is 0. The van der Waals surface area contributed by atoms with Crippen LogP contribution in [0.4, 0.5) is 0 Å². The van der Waals surface area contributed by atoms with E-state index in [0.717, 1.165) is 69.7 Å². The normalized spacial score (nSPS) is 18.8. The van der Waals surface area contributed by atoms with Crippen molar-refractivity contribution in [2.75, 3.05) is 78.7 Å². The molecule has 4 rings (SSSR count). The highest BCUT2D eigenvalue weighted by atomic mass is 16.5. The molecule has 3 saturated heterocycles. The first-order valence-corrected chi connectivity index (χ1v) is 19.1. The summed E-state index contributed by atoms with van der Waals surface area (Å²) in [6, 6.07) is 1.42. The Morgan fingerprint density at radius 2 is 1.02 bits per heavy atom. The molecule has 0 amide bonds. The van der Waals surface area contributed by atoms with E-state index in [1.807, 2.05) is 55.4 Å². The summed E-state index contributed by atoms with van der Waals surface area (Å²) in [5.41, 5.74) is 1.62. The summed E-state index contributed by atoms with van der Waals surface area (Å²) in [6.07, 6.45) is 6.33. The van der Waals surface area contributed by atoms with Crippen LogP contribution in [0.25, 0.3) is 0 Å². The first-order valence-electron chi connectivity index (χ1n) is 19.1. The van der Waals surface area contributed by atoms with Crippen molar-refractivity contribution in [3.8, 4) is 0 Å². The fraction of sp³-hybridized carbons (Fsp3) is 0.947. The number of hydrogen-bond acceptors (Lipinski definition) is 6. The van der Waals surface area contributed by atoms with Gasteiger partial charge in [0.25, 0.3) is 0 Å². The van der Waals surface area contributed by atoms with Crippen molar-refractivity contribution in [2.45, 2.75) is 142 Å². The highest BCUT2D eigenvalue weighted by Crippen LogP contribution is 2.20. The van der Waals surface area contributed by atoms with E-state index < -0.39 is 0 Å². The Balaban J connectivity index is -0.000000225. The zero-order valence-corrected chi connectivity index (χ0v) is 33.4.